The number of esters is 1. The third-order valence-electron chi connectivity index (χ3n) is 3.76. The lowest BCUT2D eigenvalue weighted by Crippen LogP contribution is -2.17. The van der Waals surface area contributed by atoms with Crippen LogP contribution in [0, 0.1) is 6.92 Å². The van der Waals surface area contributed by atoms with Crippen molar-refractivity contribution in [2.75, 3.05) is 0 Å². The summed E-state index contributed by atoms with van der Waals surface area (Å²) in [5, 5.41) is 0. The molecular formula is C15H19ClO4S. The summed E-state index contributed by atoms with van der Waals surface area (Å²) in [6, 6.07) is 4.43. The summed E-state index contributed by atoms with van der Waals surface area (Å²) in [4.78, 5) is 12.1. The summed E-state index contributed by atoms with van der Waals surface area (Å²) in [6.45, 7) is 1.63. The first kappa shape index (κ1) is 16.3. The highest BCUT2D eigenvalue weighted by molar-refractivity contribution is 8.13. The first-order valence-corrected chi connectivity index (χ1v) is 9.45. The predicted molar refractivity (Wildman–Crippen MR) is 81.1 cm³/mol. The van der Waals surface area contributed by atoms with Crippen molar-refractivity contribution in [3.63, 3.8) is 0 Å². The lowest BCUT2D eigenvalue weighted by atomic mass is 10.1. The van der Waals surface area contributed by atoms with Crippen LogP contribution in [0.25, 0.3) is 0 Å². The van der Waals surface area contributed by atoms with E-state index in [4.69, 9.17) is 15.4 Å². The molecule has 0 unspecified atom stereocenters. The normalized spacial score (nSPS) is 17.2. The van der Waals surface area contributed by atoms with E-state index in [2.05, 4.69) is 0 Å². The SMILES string of the molecule is Cc1ccc(C(=O)OC2CCCCCC2)cc1S(=O)(=O)Cl. The molecule has 1 saturated carbocycles. The minimum absolute atomic E-state index is 0.0421. The standard InChI is InChI=1S/C15H19ClO4S/c1-11-8-9-12(10-14(11)21(16,18)19)15(17)20-13-6-4-2-3-5-7-13/h8-10,13H,2-7H2,1H3. The molecule has 116 valence electrons. The number of rotatable bonds is 3. The molecule has 4 nitrogen and oxygen atoms in total. The Labute approximate surface area is 129 Å². The molecule has 2 rings (SSSR count). The zero-order chi connectivity index (χ0) is 15.5. The number of carbonyl (C=O) groups is 1. The molecule has 1 aliphatic rings. The molecule has 0 heterocycles. The van der Waals surface area contributed by atoms with Crippen molar-refractivity contribution in [2.24, 2.45) is 0 Å². The highest BCUT2D eigenvalue weighted by atomic mass is 35.7. The molecule has 1 aliphatic carbocycles. The zero-order valence-corrected chi connectivity index (χ0v) is 13.5. The minimum atomic E-state index is -3.86. The molecule has 0 atom stereocenters. The number of aryl methyl sites for hydroxylation is 1. The molecule has 21 heavy (non-hydrogen) atoms. The third-order valence-corrected chi connectivity index (χ3v) is 5.23. The highest BCUT2D eigenvalue weighted by Crippen LogP contribution is 2.24. The molecule has 0 bridgehead atoms. The first-order valence-electron chi connectivity index (χ1n) is 7.14. The maximum absolute atomic E-state index is 12.2. The van der Waals surface area contributed by atoms with E-state index in [9.17, 15) is 13.2 Å². The molecule has 0 saturated heterocycles. The van der Waals surface area contributed by atoms with E-state index in [1.807, 2.05) is 0 Å². The summed E-state index contributed by atoms with van der Waals surface area (Å²) in [5.41, 5.74) is 0.736. The van der Waals surface area contributed by atoms with Crippen LogP contribution in [0.4, 0.5) is 0 Å². The van der Waals surface area contributed by atoms with Gasteiger partial charge < -0.3 is 4.74 Å². The van der Waals surface area contributed by atoms with Gasteiger partial charge in [-0.05, 0) is 50.3 Å². The van der Waals surface area contributed by atoms with Gasteiger partial charge in [0.2, 0.25) is 0 Å². The predicted octanol–water partition coefficient (Wildman–Crippen LogP) is 3.80. The van der Waals surface area contributed by atoms with Gasteiger partial charge in [-0.3, -0.25) is 0 Å². The Balaban J connectivity index is 2.16. The van der Waals surface area contributed by atoms with E-state index >= 15 is 0 Å². The molecule has 0 radical (unpaired) electrons. The van der Waals surface area contributed by atoms with Crippen LogP contribution in [0.1, 0.15) is 54.4 Å². The summed E-state index contributed by atoms with van der Waals surface area (Å²) in [5.74, 6) is -0.483. The Kier molecular flexibility index (Phi) is 5.27. The Morgan fingerprint density at radius 3 is 2.38 bits per heavy atom. The van der Waals surface area contributed by atoms with Gasteiger partial charge in [-0.2, -0.15) is 0 Å². The Bertz CT molecular complexity index is 617. The van der Waals surface area contributed by atoms with Crippen molar-refractivity contribution >= 4 is 25.7 Å². The summed E-state index contributed by atoms with van der Waals surface area (Å²) in [7, 11) is 1.51. The molecule has 6 heteroatoms. The summed E-state index contributed by atoms with van der Waals surface area (Å²) in [6.07, 6.45) is 6.15. The third kappa shape index (κ3) is 4.45. The maximum atomic E-state index is 12.2. The number of hydrogen-bond acceptors (Lipinski definition) is 4. The monoisotopic (exact) mass is 330 g/mol. The van der Waals surface area contributed by atoms with E-state index in [0.29, 0.717) is 5.56 Å². The Hall–Kier alpha value is -1.07. The van der Waals surface area contributed by atoms with Gasteiger partial charge in [-0.1, -0.05) is 18.9 Å². The van der Waals surface area contributed by atoms with Crippen LogP contribution in [-0.2, 0) is 13.8 Å². The van der Waals surface area contributed by atoms with Gasteiger partial charge in [0.1, 0.15) is 6.10 Å². The molecule has 0 spiro atoms. The van der Waals surface area contributed by atoms with Crippen LogP contribution in [0.5, 0.6) is 0 Å². The number of carbonyl (C=O) groups excluding carboxylic acids is 1. The topological polar surface area (TPSA) is 60.4 Å². The Morgan fingerprint density at radius 1 is 1.19 bits per heavy atom. The molecule has 0 aromatic heterocycles. The molecule has 0 aliphatic heterocycles. The lowest BCUT2D eigenvalue weighted by molar-refractivity contribution is 0.0267. The smallest absolute Gasteiger partial charge is 0.338 e. The average molecular weight is 331 g/mol. The van der Waals surface area contributed by atoms with Crippen molar-refractivity contribution in [3.05, 3.63) is 29.3 Å². The van der Waals surface area contributed by atoms with Gasteiger partial charge in [0.05, 0.1) is 10.5 Å². The second-order valence-corrected chi connectivity index (χ2v) is 7.97. The van der Waals surface area contributed by atoms with Gasteiger partial charge in [0.25, 0.3) is 9.05 Å². The minimum Gasteiger partial charge on any atom is -0.459 e. The molecule has 0 N–H and O–H groups in total. The molecule has 0 amide bonds. The fourth-order valence-electron chi connectivity index (χ4n) is 2.57. The second-order valence-electron chi connectivity index (χ2n) is 5.44. The zero-order valence-electron chi connectivity index (χ0n) is 12.0. The van der Waals surface area contributed by atoms with Crippen LogP contribution in [-0.4, -0.2) is 20.5 Å². The largest absolute Gasteiger partial charge is 0.459 e. The fourth-order valence-corrected chi connectivity index (χ4v) is 3.79. The van der Waals surface area contributed by atoms with Crippen LogP contribution < -0.4 is 0 Å². The van der Waals surface area contributed by atoms with Gasteiger partial charge in [-0.15, -0.1) is 0 Å². The van der Waals surface area contributed by atoms with Gasteiger partial charge in [0.15, 0.2) is 0 Å². The number of benzene rings is 1. The molecule has 1 aromatic carbocycles. The lowest BCUT2D eigenvalue weighted by Gasteiger charge is -2.15. The first-order chi connectivity index (χ1) is 9.88. The molecule has 1 fully saturated rings. The van der Waals surface area contributed by atoms with Crippen molar-refractivity contribution in [1.29, 1.82) is 0 Å². The van der Waals surface area contributed by atoms with Crippen molar-refractivity contribution < 1.29 is 17.9 Å². The van der Waals surface area contributed by atoms with Crippen molar-refractivity contribution in [2.45, 2.75) is 56.4 Å². The van der Waals surface area contributed by atoms with Crippen LogP contribution in [0.3, 0.4) is 0 Å². The quantitative estimate of drug-likeness (QED) is 0.480. The van der Waals surface area contributed by atoms with Gasteiger partial charge in [0, 0.05) is 10.7 Å². The number of hydrogen-bond donors (Lipinski definition) is 0. The maximum Gasteiger partial charge on any atom is 0.338 e. The van der Waals surface area contributed by atoms with E-state index < -0.39 is 15.0 Å². The molecule has 1 aromatic rings. The van der Waals surface area contributed by atoms with Gasteiger partial charge in [-0.25, -0.2) is 13.2 Å². The van der Waals surface area contributed by atoms with E-state index in [0.717, 1.165) is 25.7 Å². The van der Waals surface area contributed by atoms with Crippen molar-refractivity contribution in [1.82, 2.24) is 0 Å². The number of ether oxygens (including phenoxy) is 1. The Morgan fingerprint density at radius 2 is 1.81 bits per heavy atom. The highest BCUT2D eigenvalue weighted by Gasteiger charge is 2.20. The van der Waals surface area contributed by atoms with Crippen LogP contribution in [0.15, 0.2) is 23.1 Å². The van der Waals surface area contributed by atoms with Crippen molar-refractivity contribution in [3.8, 4) is 0 Å². The number of halogens is 1. The summed E-state index contributed by atoms with van der Waals surface area (Å²) < 4.78 is 28.4. The van der Waals surface area contributed by atoms with E-state index in [-0.39, 0.29) is 16.6 Å². The fraction of sp³-hybridized carbons (Fsp3) is 0.533. The van der Waals surface area contributed by atoms with E-state index in [1.54, 1.807) is 19.1 Å². The second kappa shape index (κ2) is 6.79. The van der Waals surface area contributed by atoms with Crippen LogP contribution in [0.2, 0.25) is 0 Å². The van der Waals surface area contributed by atoms with Gasteiger partial charge >= 0.3 is 5.97 Å². The van der Waals surface area contributed by atoms with Crippen LogP contribution >= 0.6 is 10.7 Å². The van der Waals surface area contributed by atoms with E-state index in [1.165, 1.54) is 18.9 Å². The average Bonchev–Trinajstić information content (AvgIpc) is 2.66. The molecular weight excluding hydrogens is 312 g/mol. The summed E-state index contributed by atoms with van der Waals surface area (Å²) >= 11 is 0.